The number of thiazole rings is 1. The summed E-state index contributed by atoms with van der Waals surface area (Å²) >= 11 is 1.35. The molecule has 0 unspecified atom stereocenters. The lowest BCUT2D eigenvalue weighted by atomic mass is 10.1. The van der Waals surface area contributed by atoms with Gasteiger partial charge in [-0.15, -0.1) is 11.3 Å². The summed E-state index contributed by atoms with van der Waals surface area (Å²) in [6, 6.07) is 5.97. The number of aromatic carboxylic acids is 1. The van der Waals surface area contributed by atoms with Crippen LogP contribution in [0, 0.1) is 20.8 Å². The van der Waals surface area contributed by atoms with Crippen molar-refractivity contribution in [1.29, 1.82) is 0 Å². The molecule has 5 heteroatoms. The van der Waals surface area contributed by atoms with Gasteiger partial charge in [-0.3, -0.25) is 0 Å². The number of carboxylic acids is 1. The summed E-state index contributed by atoms with van der Waals surface area (Å²) in [6.07, 6.45) is 0. The third-order valence-electron chi connectivity index (χ3n) is 2.60. The highest BCUT2D eigenvalue weighted by molar-refractivity contribution is 7.11. The van der Waals surface area contributed by atoms with Gasteiger partial charge in [0.05, 0.1) is 0 Å². The average molecular weight is 277 g/mol. The number of hydrogen-bond acceptors (Lipinski definition) is 4. The minimum Gasteiger partial charge on any atom is -0.486 e. The highest BCUT2D eigenvalue weighted by atomic mass is 32.1. The van der Waals surface area contributed by atoms with E-state index in [0.29, 0.717) is 16.5 Å². The SMILES string of the molecule is Cc1cc(C)cc(OCc2nc(C(=O)O)c(C)s2)c1. The number of carboxylic acid groups (broad SMARTS) is 1. The zero-order chi connectivity index (χ0) is 14.0. The highest BCUT2D eigenvalue weighted by Gasteiger charge is 2.14. The van der Waals surface area contributed by atoms with Crippen LogP contribution >= 0.6 is 11.3 Å². The van der Waals surface area contributed by atoms with Crippen LogP contribution in [0.1, 0.15) is 31.5 Å². The minimum atomic E-state index is -0.994. The summed E-state index contributed by atoms with van der Waals surface area (Å²) in [5, 5.41) is 9.62. The first-order valence-corrected chi connectivity index (χ1v) is 6.68. The van der Waals surface area contributed by atoms with Crippen LogP contribution < -0.4 is 4.74 Å². The van der Waals surface area contributed by atoms with E-state index < -0.39 is 5.97 Å². The first-order chi connectivity index (χ1) is 8.95. The number of benzene rings is 1. The van der Waals surface area contributed by atoms with E-state index in [1.807, 2.05) is 26.0 Å². The molecule has 0 atom stereocenters. The van der Waals surface area contributed by atoms with Gasteiger partial charge in [-0.2, -0.15) is 0 Å². The molecule has 0 saturated heterocycles. The van der Waals surface area contributed by atoms with Gasteiger partial charge in [-0.05, 0) is 44.0 Å². The molecule has 0 bridgehead atoms. The number of nitrogens with zero attached hydrogens (tertiary/aromatic N) is 1. The Morgan fingerprint density at radius 3 is 2.42 bits per heavy atom. The highest BCUT2D eigenvalue weighted by Crippen LogP contribution is 2.21. The summed E-state index contributed by atoms with van der Waals surface area (Å²) in [5.74, 6) is -0.214. The van der Waals surface area contributed by atoms with Gasteiger partial charge in [0.1, 0.15) is 17.4 Å². The maximum absolute atomic E-state index is 10.9. The molecule has 4 nitrogen and oxygen atoms in total. The van der Waals surface area contributed by atoms with Crippen LogP contribution in [0.5, 0.6) is 5.75 Å². The minimum absolute atomic E-state index is 0.115. The molecule has 19 heavy (non-hydrogen) atoms. The Bertz CT molecular complexity index is 599. The van der Waals surface area contributed by atoms with Crippen LogP contribution in [-0.4, -0.2) is 16.1 Å². The Hall–Kier alpha value is -1.88. The number of aryl methyl sites for hydroxylation is 3. The van der Waals surface area contributed by atoms with Crippen molar-refractivity contribution in [3.63, 3.8) is 0 Å². The standard InChI is InChI=1S/C14H15NO3S/c1-8-4-9(2)6-11(5-8)18-7-12-15-13(14(16)17)10(3)19-12/h4-6H,7H2,1-3H3,(H,16,17). The lowest BCUT2D eigenvalue weighted by molar-refractivity contribution is 0.0690. The average Bonchev–Trinajstić information content (AvgIpc) is 2.67. The van der Waals surface area contributed by atoms with Crippen LogP contribution in [-0.2, 0) is 6.61 Å². The molecule has 1 N–H and O–H groups in total. The van der Waals surface area contributed by atoms with E-state index in [0.717, 1.165) is 16.9 Å². The number of rotatable bonds is 4. The number of hydrogen-bond donors (Lipinski definition) is 1. The first kappa shape index (κ1) is 13.5. The molecule has 0 spiro atoms. The van der Waals surface area contributed by atoms with Gasteiger partial charge in [0.25, 0.3) is 0 Å². The van der Waals surface area contributed by atoms with Crippen molar-refractivity contribution in [2.45, 2.75) is 27.4 Å². The molecule has 2 rings (SSSR count). The Morgan fingerprint density at radius 1 is 1.26 bits per heavy atom. The quantitative estimate of drug-likeness (QED) is 0.931. The molecule has 2 aromatic rings. The van der Waals surface area contributed by atoms with Crippen molar-refractivity contribution in [3.8, 4) is 5.75 Å². The molecule has 100 valence electrons. The molecule has 0 radical (unpaired) electrons. The van der Waals surface area contributed by atoms with Gasteiger partial charge in [0.15, 0.2) is 5.69 Å². The third kappa shape index (κ3) is 3.32. The van der Waals surface area contributed by atoms with Crippen molar-refractivity contribution in [3.05, 3.63) is 44.9 Å². The Balaban J connectivity index is 2.10. The summed E-state index contributed by atoms with van der Waals surface area (Å²) in [7, 11) is 0. The van der Waals surface area contributed by atoms with E-state index in [4.69, 9.17) is 9.84 Å². The number of ether oxygens (including phenoxy) is 1. The molecular weight excluding hydrogens is 262 g/mol. The van der Waals surface area contributed by atoms with Gasteiger partial charge in [-0.25, -0.2) is 9.78 Å². The molecule has 0 saturated carbocycles. The normalized spacial score (nSPS) is 10.5. The summed E-state index contributed by atoms with van der Waals surface area (Å²) in [4.78, 5) is 15.7. The fourth-order valence-corrected chi connectivity index (χ4v) is 2.71. The van der Waals surface area contributed by atoms with Gasteiger partial charge in [0.2, 0.25) is 0 Å². The summed E-state index contributed by atoms with van der Waals surface area (Å²) in [6.45, 7) is 6.06. The van der Waals surface area contributed by atoms with E-state index in [-0.39, 0.29) is 5.69 Å². The van der Waals surface area contributed by atoms with Crippen LogP contribution in [0.2, 0.25) is 0 Å². The largest absolute Gasteiger partial charge is 0.486 e. The van der Waals surface area contributed by atoms with E-state index in [1.54, 1.807) is 6.92 Å². The smallest absolute Gasteiger partial charge is 0.355 e. The summed E-state index contributed by atoms with van der Waals surface area (Å²) < 4.78 is 5.66. The van der Waals surface area contributed by atoms with Gasteiger partial charge < -0.3 is 9.84 Å². The zero-order valence-electron chi connectivity index (χ0n) is 11.1. The maximum atomic E-state index is 10.9. The van der Waals surface area contributed by atoms with Crippen LogP contribution in [0.25, 0.3) is 0 Å². The second-order valence-electron chi connectivity index (χ2n) is 4.43. The fourth-order valence-electron chi connectivity index (χ4n) is 1.87. The summed E-state index contributed by atoms with van der Waals surface area (Å²) in [5.41, 5.74) is 2.39. The van der Waals surface area contributed by atoms with Crippen LogP contribution in [0.3, 0.4) is 0 Å². The molecule has 0 fully saturated rings. The lowest BCUT2D eigenvalue weighted by Crippen LogP contribution is -2.00. The first-order valence-electron chi connectivity index (χ1n) is 5.86. The van der Waals surface area contributed by atoms with E-state index in [1.165, 1.54) is 11.3 Å². The van der Waals surface area contributed by atoms with Crippen LogP contribution in [0.4, 0.5) is 0 Å². The third-order valence-corrected chi connectivity index (χ3v) is 3.55. The Labute approximate surface area is 115 Å². The van der Waals surface area contributed by atoms with Crippen molar-refractivity contribution < 1.29 is 14.6 Å². The van der Waals surface area contributed by atoms with Crippen molar-refractivity contribution >= 4 is 17.3 Å². The zero-order valence-corrected chi connectivity index (χ0v) is 11.9. The van der Waals surface area contributed by atoms with Crippen molar-refractivity contribution in [2.24, 2.45) is 0 Å². The monoisotopic (exact) mass is 277 g/mol. The predicted molar refractivity (Wildman–Crippen MR) is 74.1 cm³/mol. The number of carbonyl (C=O) groups is 1. The van der Waals surface area contributed by atoms with E-state index >= 15 is 0 Å². The molecule has 1 aromatic carbocycles. The topological polar surface area (TPSA) is 59.4 Å². The van der Waals surface area contributed by atoms with E-state index in [2.05, 4.69) is 11.1 Å². The predicted octanol–water partition coefficient (Wildman–Crippen LogP) is 3.35. The van der Waals surface area contributed by atoms with E-state index in [9.17, 15) is 4.79 Å². The Morgan fingerprint density at radius 2 is 1.89 bits per heavy atom. The molecule has 1 aromatic heterocycles. The molecular formula is C14H15NO3S. The maximum Gasteiger partial charge on any atom is 0.355 e. The second kappa shape index (κ2) is 5.40. The van der Waals surface area contributed by atoms with Gasteiger partial charge >= 0.3 is 5.97 Å². The lowest BCUT2D eigenvalue weighted by Gasteiger charge is -2.06. The molecule has 1 heterocycles. The molecule has 0 aliphatic heterocycles. The molecule has 0 aliphatic carbocycles. The van der Waals surface area contributed by atoms with Gasteiger partial charge in [0, 0.05) is 4.88 Å². The van der Waals surface area contributed by atoms with Crippen molar-refractivity contribution in [1.82, 2.24) is 4.98 Å². The second-order valence-corrected chi connectivity index (χ2v) is 5.72. The van der Waals surface area contributed by atoms with Crippen LogP contribution in [0.15, 0.2) is 18.2 Å². The van der Waals surface area contributed by atoms with Gasteiger partial charge in [-0.1, -0.05) is 6.07 Å². The fraction of sp³-hybridized carbons (Fsp3) is 0.286. The van der Waals surface area contributed by atoms with Crippen molar-refractivity contribution in [2.75, 3.05) is 0 Å². The molecule has 0 amide bonds. The number of aromatic nitrogens is 1. The molecule has 0 aliphatic rings. The Kier molecular flexibility index (Phi) is 3.85.